The first kappa shape index (κ1) is 27.1. The van der Waals surface area contributed by atoms with Crippen LogP contribution in [0.2, 0.25) is 0 Å². The summed E-state index contributed by atoms with van der Waals surface area (Å²) in [5.41, 5.74) is 1.94. The number of fused-ring (bicyclic) bond motifs is 10. The van der Waals surface area contributed by atoms with Crippen LogP contribution >= 0.6 is 0 Å². The van der Waals surface area contributed by atoms with E-state index in [1.54, 1.807) is 16.8 Å². The van der Waals surface area contributed by atoms with E-state index in [0.717, 1.165) is 11.4 Å². The van der Waals surface area contributed by atoms with E-state index in [0.29, 0.717) is 17.8 Å². The van der Waals surface area contributed by atoms with E-state index < -0.39 is 0 Å². The van der Waals surface area contributed by atoms with Crippen LogP contribution in [-0.4, -0.2) is 47.9 Å². The highest BCUT2D eigenvalue weighted by atomic mass is 16.5. The molecule has 2 amide bonds. The summed E-state index contributed by atoms with van der Waals surface area (Å²) in [5, 5.41) is 0. The normalized spacial score (nSPS) is 37.5. The van der Waals surface area contributed by atoms with Crippen LogP contribution in [0.3, 0.4) is 0 Å². The van der Waals surface area contributed by atoms with Crippen molar-refractivity contribution < 1.29 is 14.3 Å². The zero-order valence-corrected chi connectivity index (χ0v) is 21.9. The van der Waals surface area contributed by atoms with Crippen LogP contribution in [0.5, 0.6) is 0 Å². The van der Waals surface area contributed by atoms with Crippen molar-refractivity contribution in [2.24, 2.45) is 35.5 Å². The van der Waals surface area contributed by atoms with Gasteiger partial charge in [-0.2, -0.15) is 0 Å². The van der Waals surface area contributed by atoms with Crippen LogP contribution in [-0.2, 0) is 14.3 Å². The molecule has 4 aliphatic heterocycles. The number of nitrogens with zero attached hydrogens (tertiary/aromatic N) is 2. The molecule has 4 bridgehead atoms. The molecule has 5 nitrogen and oxygen atoms in total. The van der Waals surface area contributed by atoms with Gasteiger partial charge in [-0.3, -0.25) is 9.59 Å². The van der Waals surface area contributed by atoms with E-state index in [2.05, 4.69) is 39.2 Å². The highest BCUT2D eigenvalue weighted by molar-refractivity contribution is 5.86. The van der Waals surface area contributed by atoms with E-state index in [1.165, 1.54) is 12.8 Å². The molecule has 6 aliphatic rings. The fraction of sp³-hybridized carbons (Fsp3) is 0.643. The number of hydrogen-bond acceptors (Lipinski definition) is 3. The summed E-state index contributed by atoms with van der Waals surface area (Å²) in [6.45, 7) is 20.2. The summed E-state index contributed by atoms with van der Waals surface area (Å²) < 4.78 is 5.61. The minimum absolute atomic E-state index is 0.00389. The molecule has 0 radical (unpaired) electrons. The Labute approximate surface area is 201 Å². The lowest BCUT2D eigenvalue weighted by Gasteiger charge is -2.17. The van der Waals surface area contributed by atoms with E-state index in [4.69, 9.17) is 4.74 Å². The number of allylic oxidation sites excluding steroid dienone is 3. The molecule has 3 saturated heterocycles. The van der Waals surface area contributed by atoms with Crippen molar-refractivity contribution in [1.29, 1.82) is 0 Å². The molecule has 0 spiro atoms. The predicted molar refractivity (Wildman–Crippen MR) is 135 cm³/mol. The van der Waals surface area contributed by atoms with Crippen LogP contribution in [0, 0.1) is 35.5 Å². The van der Waals surface area contributed by atoms with Crippen molar-refractivity contribution in [2.75, 3.05) is 14.1 Å². The number of likely N-dealkylation sites (tertiary alicyclic amines) is 2. The van der Waals surface area contributed by atoms with Gasteiger partial charge in [0, 0.05) is 37.3 Å². The molecule has 33 heavy (non-hydrogen) atoms. The Hall–Kier alpha value is -2.14. The van der Waals surface area contributed by atoms with Gasteiger partial charge in [0.1, 0.15) is 0 Å². The molecule has 0 aromatic carbocycles. The molecule has 8 unspecified atom stereocenters. The Kier molecular flexibility index (Phi) is 9.30. The third-order valence-electron chi connectivity index (χ3n) is 7.22. The van der Waals surface area contributed by atoms with Gasteiger partial charge in [-0.05, 0) is 18.3 Å². The first-order chi connectivity index (χ1) is 15.8. The number of hydrogen-bond donors (Lipinski definition) is 0. The Morgan fingerprint density at radius 2 is 1.15 bits per heavy atom. The molecular formula is C28H44N2O3. The van der Waals surface area contributed by atoms with E-state index in [-0.39, 0.29) is 41.8 Å². The van der Waals surface area contributed by atoms with Crippen LogP contribution < -0.4 is 0 Å². The maximum Gasteiger partial charge on any atom is 0.233 e. The van der Waals surface area contributed by atoms with Gasteiger partial charge in [0.2, 0.25) is 11.8 Å². The summed E-state index contributed by atoms with van der Waals surface area (Å²) in [6.07, 6.45) is 11.0. The summed E-state index contributed by atoms with van der Waals surface area (Å²) in [7, 11) is 3.64. The van der Waals surface area contributed by atoms with Gasteiger partial charge in [-0.15, -0.1) is 0 Å². The molecule has 2 aliphatic carbocycles. The van der Waals surface area contributed by atoms with E-state index >= 15 is 0 Å². The number of rotatable bonds is 0. The topological polar surface area (TPSA) is 49.9 Å². The zero-order chi connectivity index (χ0) is 25.0. The van der Waals surface area contributed by atoms with Crippen LogP contribution in [0.15, 0.2) is 48.9 Å². The Morgan fingerprint density at radius 3 is 1.61 bits per heavy atom. The first-order valence-corrected chi connectivity index (χ1v) is 12.8. The maximum absolute atomic E-state index is 11.8. The third-order valence-corrected chi connectivity index (χ3v) is 7.22. The largest absolute Gasteiger partial charge is 0.365 e. The van der Waals surface area contributed by atoms with E-state index in [9.17, 15) is 9.59 Å². The molecule has 0 aromatic heterocycles. The molecule has 0 N–H and O–H groups in total. The van der Waals surface area contributed by atoms with Crippen LogP contribution in [0.1, 0.15) is 54.4 Å². The second-order valence-corrected chi connectivity index (χ2v) is 8.99. The first-order valence-electron chi connectivity index (χ1n) is 12.8. The average molecular weight is 457 g/mol. The van der Waals surface area contributed by atoms with Gasteiger partial charge in [0.15, 0.2) is 0 Å². The van der Waals surface area contributed by atoms with Crippen molar-refractivity contribution in [3.8, 4) is 0 Å². The molecule has 1 saturated carbocycles. The standard InChI is InChI=1S/C11H13NO.C10H11NO2.C3H8.2C2H6/c1-6-9-7-3-4-8(5-7)10(9)11(13)12(6)2;1-5-8-6-3-4-7(13-6)9(8)10(12)11(5)2;1-3-2;2*1-2/h3-4,7-10H,1,5H2,2H3;3-4,6-9H,1H2,2H3;3H2,1-2H3;2*1-2H3. The van der Waals surface area contributed by atoms with Gasteiger partial charge in [0.25, 0.3) is 0 Å². The maximum atomic E-state index is 11.8. The Bertz CT molecular complexity index is 688. The van der Waals surface area contributed by atoms with Crippen molar-refractivity contribution in [3.05, 3.63) is 48.9 Å². The zero-order valence-electron chi connectivity index (χ0n) is 21.9. The minimum atomic E-state index is 0.00389. The fourth-order valence-corrected chi connectivity index (χ4v) is 5.79. The van der Waals surface area contributed by atoms with Gasteiger partial charge in [-0.1, -0.05) is 85.4 Å². The molecule has 184 valence electrons. The molecule has 4 fully saturated rings. The molecule has 8 atom stereocenters. The highest BCUT2D eigenvalue weighted by Gasteiger charge is 2.57. The quantitative estimate of drug-likeness (QED) is 0.457. The second-order valence-electron chi connectivity index (χ2n) is 8.99. The smallest absolute Gasteiger partial charge is 0.233 e. The summed E-state index contributed by atoms with van der Waals surface area (Å²) in [4.78, 5) is 27.0. The molecule has 6 rings (SSSR count). The predicted octanol–water partition coefficient (Wildman–Crippen LogP) is 5.42. The van der Waals surface area contributed by atoms with Gasteiger partial charge in [-0.25, -0.2) is 0 Å². The highest BCUT2D eigenvalue weighted by Crippen LogP contribution is 2.55. The number of carbonyl (C=O) groups is 2. The SMILES string of the molecule is C=C1C2C3C=CC(C3)C2C(=O)N1C.C=C1C2C3C=CC(O3)C2C(=O)N1C.CC.CC.CCC. The summed E-state index contributed by atoms with van der Waals surface area (Å²) in [6, 6.07) is 0. The molecular weight excluding hydrogens is 412 g/mol. The van der Waals surface area contributed by atoms with Crippen molar-refractivity contribution in [2.45, 2.75) is 66.6 Å². The van der Waals surface area contributed by atoms with Gasteiger partial charge < -0.3 is 14.5 Å². The van der Waals surface area contributed by atoms with Crippen molar-refractivity contribution in [3.63, 3.8) is 0 Å². The number of carbonyl (C=O) groups excluding carboxylic acids is 2. The fourth-order valence-electron chi connectivity index (χ4n) is 5.79. The number of ether oxygens (including phenoxy) is 1. The summed E-state index contributed by atoms with van der Waals surface area (Å²) >= 11 is 0. The van der Waals surface area contributed by atoms with E-state index in [1.807, 2.05) is 46.9 Å². The average Bonchev–Trinajstić information content (AvgIpc) is 3.68. The Balaban J connectivity index is 0.000000185. The van der Waals surface area contributed by atoms with Crippen molar-refractivity contribution >= 4 is 11.8 Å². The molecule has 4 heterocycles. The third kappa shape index (κ3) is 4.49. The second kappa shape index (κ2) is 11.3. The Morgan fingerprint density at radius 1 is 0.758 bits per heavy atom. The van der Waals surface area contributed by atoms with Crippen LogP contribution in [0.4, 0.5) is 0 Å². The van der Waals surface area contributed by atoms with Crippen LogP contribution in [0.25, 0.3) is 0 Å². The monoisotopic (exact) mass is 456 g/mol. The molecule has 0 aromatic rings. The lowest BCUT2D eigenvalue weighted by Crippen LogP contribution is -2.27. The number of amides is 2. The van der Waals surface area contributed by atoms with Gasteiger partial charge in [0.05, 0.1) is 24.0 Å². The van der Waals surface area contributed by atoms with Crippen molar-refractivity contribution in [1.82, 2.24) is 9.80 Å². The van der Waals surface area contributed by atoms with Gasteiger partial charge >= 0.3 is 0 Å². The molecule has 5 heteroatoms. The lowest BCUT2D eigenvalue weighted by atomic mass is 9.84. The lowest BCUT2D eigenvalue weighted by molar-refractivity contribution is -0.131. The summed E-state index contributed by atoms with van der Waals surface area (Å²) in [5.74, 6) is 2.40. The minimum Gasteiger partial charge on any atom is -0.365 e.